The summed E-state index contributed by atoms with van der Waals surface area (Å²) in [4.78, 5) is 21.4. The van der Waals surface area contributed by atoms with Crippen molar-refractivity contribution in [1.29, 1.82) is 0 Å². The topological polar surface area (TPSA) is 75.6 Å². The highest BCUT2D eigenvalue weighted by molar-refractivity contribution is 5.87. The number of carbonyl (C=O) groups excluding carboxylic acids is 1. The van der Waals surface area contributed by atoms with Crippen LogP contribution in [-0.4, -0.2) is 29.7 Å². The number of ether oxygens (including phenoxy) is 1. The lowest BCUT2D eigenvalue weighted by Crippen LogP contribution is -2.30. The molecule has 0 rings (SSSR count). The van der Waals surface area contributed by atoms with E-state index in [0.717, 1.165) is 0 Å². The first-order valence-electron chi connectivity index (χ1n) is 4.31. The van der Waals surface area contributed by atoms with Crippen LogP contribution in [0.1, 0.15) is 20.8 Å². The molecule has 0 saturated carbocycles. The third-order valence-electron chi connectivity index (χ3n) is 1.52. The summed E-state index contributed by atoms with van der Waals surface area (Å²) in [7, 11) is 0. The van der Waals surface area contributed by atoms with Crippen molar-refractivity contribution >= 4 is 11.9 Å². The van der Waals surface area contributed by atoms with Crippen LogP contribution in [0.5, 0.6) is 0 Å². The van der Waals surface area contributed by atoms with E-state index in [1.54, 1.807) is 13.8 Å². The summed E-state index contributed by atoms with van der Waals surface area (Å²) < 4.78 is 4.70. The fourth-order valence-electron chi connectivity index (χ4n) is 0.625. The van der Waals surface area contributed by atoms with Crippen molar-refractivity contribution in [2.24, 2.45) is 0 Å². The quantitative estimate of drug-likeness (QED) is 0.501. The third-order valence-corrected chi connectivity index (χ3v) is 1.52. The van der Waals surface area contributed by atoms with Crippen LogP contribution in [0.15, 0.2) is 11.8 Å². The van der Waals surface area contributed by atoms with Gasteiger partial charge in [0.25, 0.3) is 0 Å². The Hall–Kier alpha value is -1.52. The minimum atomic E-state index is -0.974. The number of carboxylic acid groups (broad SMARTS) is 1. The number of hydrogen-bond acceptors (Lipinski definition) is 4. The Bertz CT molecular complexity index is 247. The van der Waals surface area contributed by atoms with Crippen LogP contribution in [-0.2, 0) is 14.3 Å². The van der Waals surface area contributed by atoms with Gasteiger partial charge in [0.2, 0.25) is 0 Å². The SMILES string of the molecule is CCOC(=O)C(C)=CN[C@@H](C)C(=O)O. The molecule has 2 N–H and O–H groups in total. The summed E-state index contributed by atoms with van der Waals surface area (Å²) in [5.41, 5.74) is 0.347. The highest BCUT2D eigenvalue weighted by atomic mass is 16.5. The molecule has 0 aromatic carbocycles. The standard InChI is InChI=1S/C9H15NO4/c1-4-14-9(13)6(2)5-10-7(3)8(11)12/h5,7,10H,4H2,1-3H3,(H,11,12)/t7-/m0/s1. The molecule has 0 aliphatic heterocycles. The minimum absolute atomic E-state index is 0.304. The minimum Gasteiger partial charge on any atom is -0.480 e. The highest BCUT2D eigenvalue weighted by Crippen LogP contribution is 1.95. The van der Waals surface area contributed by atoms with Crippen molar-refractivity contribution in [3.05, 3.63) is 11.8 Å². The van der Waals surface area contributed by atoms with E-state index in [9.17, 15) is 9.59 Å². The van der Waals surface area contributed by atoms with Crippen molar-refractivity contribution in [2.45, 2.75) is 26.8 Å². The molecule has 0 radical (unpaired) electrons. The van der Waals surface area contributed by atoms with Gasteiger partial charge in [-0.05, 0) is 20.8 Å². The van der Waals surface area contributed by atoms with E-state index >= 15 is 0 Å². The summed E-state index contributed by atoms with van der Waals surface area (Å²) in [6.45, 7) is 5.05. The maximum Gasteiger partial charge on any atom is 0.335 e. The predicted molar refractivity (Wildman–Crippen MR) is 50.6 cm³/mol. The van der Waals surface area contributed by atoms with E-state index in [1.807, 2.05) is 0 Å². The van der Waals surface area contributed by atoms with Gasteiger partial charge in [0.1, 0.15) is 6.04 Å². The highest BCUT2D eigenvalue weighted by Gasteiger charge is 2.09. The van der Waals surface area contributed by atoms with Crippen LogP contribution >= 0.6 is 0 Å². The molecule has 5 nitrogen and oxygen atoms in total. The lowest BCUT2D eigenvalue weighted by molar-refractivity contribution is -0.140. The third kappa shape index (κ3) is 4.49. The summed E-state index contributed by atoms with van der Waals surface area (Å²) in [5.74, 6) is -1.42. The second kappa shape index (κ2) is 6.01. The van der Waals surface area contributed by atoms with Crippen LogP contribution in [0, 0.1) is 0 Å². The Morgan fingerprint density at radius 1 is 1.57 bits per heavy atom. The summed E-state index contributed by atoms with van der Waals surface area (Å²) >= 11 is 0. The first-order valence-corrected chi connectivity index (χ1v) is 4.31. The second-order valence-electron chi connectivity index (χ2n) is 2.77. The Morgan fingerprint density at radius 3 is 2.57 bits per heavy atom. The maximum absolute atomic E-state index is 11.0. The zero-order valence-electron chi connectivity index (χ0n) is 8.53. The van der Waals surface area contributed by atoms with Gasteiger partial charge in [-0.25, -0.2) is 4.79 Å². The average Bonchev–Trinajstić information content (AvgIpc) is 2.13. The molecule has 0 aromatic heterocycles. The van der Waals surface area contributed by atoms with Gasteiger partial charge in [-0.3, -0.25) is 4.79 Å². The lowest BCUT2D eigenvalue weighted by Gasteiger charge is -2.07. The Labute approximate surface area is 82.7 Å². The van der Waals surface area contributed by atoms with E-state index in [2.05, 4.69) is 5.32 Å². The number of nitrogens with one attached hydrogen (secondary N) is 1. The van der Waals surface area contributed by atoms with Gasteiger partial charge in [0, 0.05) is 11.8 Å². The maximum atomic E-state index is 11.0. The largest absolute Gasteiger partial charge is 0.480 e. The van der Waals surface area contributed by atoms with Crippen molar-refractivity contribution in [2.75, 3.05) is 6.61 Å². The van der Waals surface area contributed by atoms with Crippen LogP contribution in [0.25, 0.3) is 0 Å². The molecule has 0 aliphatic rings. The van der Waals surface area contributed by atoms with Crippen molar-refractivity contribution < 1.29 is 19.4 Å². The second-order valence-corrected chi connectivity index (χ2v) is 2.77. The number of esters is 1. The van der Waals surface area contributed by atoms with Gasteiger partial charge in [0.05, 0.1) is 6.61 Å². The summed E-state index contributed by atoms with van der Waals surface area (Å²) in [5, 5.41) is 11.1. The Balaban J connectivity index is 4.11. The molecule has 0 heterocycles. The Morgan fingerprint density at radius 2 is 2.14 bits per heavy atom. The lowest BCUT2D eigenvalue weighted by atomic mass is 10.3. The van der Waals surface area contributed by atoms with Crippen LogP contribution in [0.2, 0.25) is 0 Å². The molecule has 0 aliphatic carbocycles. The van der Waals surface area contributed by atoms with E-state index in [-0.39, 0.29) is 0 Å². The zero-order chi connectivity index (χ0) is 11.1. The number of hydrogen-bond donors (Lipinski definition) is 2. The first kappa shape index (κ1) is 12.5. The van der Waals surface area contributed by atoms with Gasteiger partial charge >= 0.3 is 11.9 Å². The van der Waals surface area contributed by atoms with Crippen molar-refractivity contribution in [3.8, 4) is 0 Å². The van der Waals surface area contributed by atoms with E-state index in [1.165, 1.54) is 13.1 Å². The van der Waals surface area contributed by atoms with E-state index in [4.69, 9.17) is 9.84 Å². The monoisotopic (exact) mass is 201 g/mol. The first-order chi connectivity index (χ1) is 6.49. The molecule has 0 unspecified atom stereocenters. The molecule has 5 heteroatoms. The molecule has 0 saturated heterocycles. The van der Waals surface area contributed by atoms with Crippen LogP contribution in [0.3, 0.4) is 0 Å². The number of carbonyl (C=O) groups is 2. The molecule has 0 bridgehead atoms. The van der Waals surface area contributed by atoms with Crippen LogP contribution < -0.4 is 5.32 Å². The fourth-order valence-corrected chi connectivity index (χ4v) is 0.625. The molecule has 0 spiro atoms. The molecule has 14 heavy (non-hydrogen) atoms. The summed E-state index contributed by atoms with van der Waals surface area (Å²) in [6, 6.07) is -0.723. The summed E-state index contributed by atoms with van der Waals surface area (Å²) in [6.07, 6.45) is 1.34. The molecule has 0 amide bonds. The van der Waals surface area contributed by atoms with Gasteiger partial charge < -0.3 is 15.2 Å². The molecular formula is C9H15NO4. The molecule has 1 atom stereocenters. The molecule has 0 aromatic rings. The average molecular weight is 201 g/mol. The van der Waals surface area contributed by atoms with Gasteiger partial charge in [-0.15, -0.1) is 0 Å². The normalized spacial score (nSPS) is 13.2. The smallest absolute Gasteiger partial charge is 0.335 e. The number of rotatable bonds is 5. The number of aliphatic carboxylic acids is 1. The molecular weight excluding hydrogens is 186 g/mol. The fraction of sp³-hybridized carbons (Fsp3) is 0.556. The number of carboxylic acids is 1. The van der Waals surface area contributed by atoms with Gasteiger partial charge in [-0.1, -0.05) is 0 Å². The van der Waals surface area contributed by atoms with Crippen molar-refractivity contribution in [3.63, 3.8) is 0 Å². The molecule has 0 fully saturated rings. The Kier molecular flexibility index (Phi) is 5.36. The van der Waals surface area contributed by atoms with E-state index in [0.29, 0.717) is 12.2 Å². The van der Waals surface area contributed by atoms with Crippen molar-refractivity contribution in [1.82, 2.24) is 5.32 Å². The van der Waals surface area contributed by atoms with Gasteiger partial charge in [0.15, 0.2) is 0 Å². The van der Waals surface area contributed by atoms with Crippen LogP contribution in [0.4, 0.5) is 0 Å². The predicted octanol–water partition coefficient (Wildman–Crippen LogP) is 0.516. The van der Waals surface area contributed by atoms with Gasteiger partial charge in [-0.2, -0.15) is 0 Å². The van der Waals surface area contributed by atoms with E-state index < -0.39 is 18.0 Å². The molecule has 80 valence electrons. The zero-order valence-corrected chi connectivity index (χ0v) is 8.53.